The fourth-order valence-corrected chi connectivity index (χ4v) is 1.81. The fourth-order valence-electron chi connectivity index (χ4n) is 1.47. The Morgan fingerprint density at radius 1 is 1.61 bits per heavy atom. The normalized spacial score (nSPS) is 11.3. The summed E-state index contributed by atoms with van der Waals surface area (Å²) >= 11 is 3.35. The number of aromatic nitrogens is 2. The van der Waals surface area contributed by atoms with Crippen LogP contribution in [0.15, 0.2) is 34.6 Å². The number of imidazole rings is 1. The Bertz CT molecular complexity index is 682. The van der Waals surface area contributed by atoms with Crippen LogP contribution in [0.2, 0.25) is 0 Å². The van der Waals surface area contributed by atoms with Crippen LogP contribution < -0.4 is 0 Å². The number of halogens is 1. The number of methoxy groups -OCH3 is 1. The van der Waals surface area contributed by atoms with E-state index in [0.717, 1.165) is 10.1 Å². The third-order valence-corrected chi connectivity index (χ3v) is 2.79. The number of hydrogen-bond acceptors (Lipinski definition) is 4. The summed E-state index contributed by atoms with van der Waals surface area (Å²) in [5, 5.41) is 8.89. The minimum atomic E-state index is -0.664. The van der Waals surface area contributed by atoms with Crippen LogP contribution in [0.25, 0.3) is 11.7 Å². The molecule has 5 nitrogen and oxygen atoms in total. The molecule has 6 heteroatoms. The summed E-state index contributed by atoms with van der Waals surface area (Å²) in [5.74, 6) is -0.664. The quantitative estimate of drug-likeness (QED) is 0.484. The molecule has 90 valence electrons. The van der Waals surface area contributed by atoms with E-state index in [1.54, 1.807) is 22.9 Å². The second kappa shape index (κ2) is 5.02. The molecule has 2 rings (SSSR count). The highest BCUT2D eigenvalue weighted by molar-refractivity contribution is 9.10. The van der Waals surface area contributed by atoms with Crippen molar-refractivity contribution in [2.75, 3.05) is 7.11 Å². The Kier molecular flexibility index (Phi) is 3.44. The van der Waals surface area contributed by atoms with Crippen molar-refractivity contribution in [1.29, 1.82) is 5.26 Å². The van der Waals surface area contributed by atoms with Gasteiger partial charge < -0.3 is 4.74 Å². The molecule has 2 heterocycles. The fraction of sp³-hybridized carbons (Fsp3) is 0.0833. The summed E-state index contributed by atoms with van der Waals surface area (Å²) in [6.45, 7) is 0. The van der Waals surface area contributed by atoms with Crippen molar-refractivity contribution in [3.63, 3.8) is 0 Å². The molecule has 0 aliphatic rings. The van der Waals surface area contributed by atoms with E-state index in [1.807, 2.05) is 12.1 Å². The molecule has 0 N–H and O–H groups in total. The number of esters is 1. The molecule has 2 aromatic rings. The second-order valence-electron chi connectivity index (χ2n) is 3.42. The minimum absolute atomic E-state index is 0.0701. The van der Waals surface area contributed by atoms with Gasteiger partial charge in [0.25, 0.3) is 0 Å². The average Bonchev–Trinajstić information content (AvgIpc) is 2.77. The number of ether oxygens (including phenoxy) is 1. The zero-order chi connectivity index (χ0) is 13.1. The lowest BCUT2D eigenvalue weighted by molar-refractivity contribution is -0.135. The predicted molar refractivity (Wildman–Crippen MR) is 68.5 cm³/mol. The maximum Gasteiger partial charge on any atom is 0.348 e. The van der Waals surface area contributed by atoms with Gasteiger partial charge in [0.2, 0.25) is 0 Å². The van der Waals surface area contributed by atoms with E-state index in [2.05, 4.69) is 25.7 Å². The zero-order valence-corrected chi connectivity index (χ0v) is 11.0. The van der Waals surface area contributed by atoms with E-state index < -0.39 is 5.97 Å². The van der Waals surface area contributed by atoms with Gasteiger partial charge in [0.05, 0.1) is 19.0 Å². The highest BCUT2D eigenvalue weighted by Gasteiger charge is 2.10. The van der Waals surface area contributed by atoms with E-state index in [1.165, 1.54) is 13.2 Å². The summed E-state index contributed by atoms with van der Waals surface area (Å²) in [4.78, 5) is 15.5. The SMILES string of the molecule is COC(=O)C(C#N)=Cc1cnc2ccc(Br)cn12. The molecule has 0 aromatic carbocycles. The standard InChI is InChI=1S/C12H8BrN3O2/c1-18-12(17)8(5-14)4-10-6-15-11-3-2-9(13)7-16(10)11/h2-4,6-7H,1H3. The molecule has 0 bridgehead atoms. The highest BCUT2D eigenvalue weighted by atomic mass is 79.9. The summed E-state index contributed by atoms with van der Waals surface area (Å²) in [5.41, 5.74) is 1.29. The van der Waals surface area contributed by atoms with E-state index in [4.69, 9.17) is 5.26 Å². The summed E-state index contributed by atoms with van der Waals surface area (Å²) in [6.07, 6.45) is 4.83. The van der Waals surface area contributed by atoms with Crippen LogP contribution in [0.3, 0.4) is 0 Å². The van der Waals surface area contributed by atoms with Crippen molar-refractivity contribution in [1.82, 2.24) is 9.38 Å². The van der Waals surface area contributed by atoms with Crippen LogP contribution in [0.5, 0.6) is 0 Å². The maximum absolute atomic E-state index is 11.3. The first-order chi connectivity index (χ1) is 8.65. The lowest BCUT2D eigenvalue weighted by Gasteiger charge is -1.99. The number of carbonyl (C=O) groups excluding carboxylic acids is 1. The van der Waals surface area contributed by atoms with Gasteiger partial charge in [-0.2, -0.15) is 5.26 Å². The molecular weight excluding hydrogens is 298 g/mol. The van der Waals surface area contributed by atoms with Gasteiger partial charge in [-0.3, -0.25) is 4.40 Å². The molecular formula is C12H8BrN3O2. The van der Waals surface area contributed by atoms with E-state index >= 15 is 0 Å². The predicted octanol–water partition coefficient (Wildman–Crippen LogP) is 2.18. The summed E-state index contributed by atoms with van der Waals surface area (Å²) in [6, 6.07) is 5.49. The van der Waals surface area contributed by atoms with Crippen LogP contribution >= 0.6 is 15.9 Å². The molecule has 0 saturated carbocycles. The highest BCUT2D eigenvalue weighted by Crippen LogP contribution is 2.15. The summed E-state index contributed by atoms with van der Waals surface area (Å²) < 4.78 is 7.16. The van der Waals surface area contributed by atoms with Gasteiger partial charge in [0.15, 0.2) is 0 Å². The van der Waals surface area contributed by atoms with Crippen LogP contribution in [0.1, 0.15) is 5.69 Å². The van der Waals surface area contributed by atoms with Gasteiger partial charge >= 0.3 is 5.97 Å². The van der Waals surface area contributed by atoms with Crippen molar-refractivity contribution >= 4 is 33.6 Å². The number of nitriles is 1. The van der Waals surface area contributed by atoms with Gasteiger partial charge in [0, 0.05) is 10.7 Å². The Morgan fingerprint density at radius 3 is 3.06 bits per heavy atom. The van der Waals surface area contributed by atoms with Gasteiger partial charge in [0.1, 0.15) is 17.3 Å². The van der Waals surface area contributed by atoms with Crippen molar-refractivity contribution in [3.05, 3.63) is 40.3 Å². The number of nitrogens with zero attached hydrogens (tertiary/aromatic N) is 3. The average molecular weight is 306 g/mol. The third-order valence-electron chi connectivity index (χ3n) is 2.32. The number of rotatable bonds is 2. The minimum Gasteiger partial charge on any atom is -0.465 e. The molecule has 0 fully saturated rings. The number of fused-ring (bicyclic) bond motifs is 1. The molecule has 2 aromatic heterocycles. The number of hydrogen-bond donors (Lipinski definition) is 0. The molecule has 0 aliphatic carbocycles. The topological polar surface area (TPSA) is 67.4 Å². The molecule has 0 amide bonds. The molecule has 0 atom stereocenters. The largest absolute Gasteiger partial charge is 0.465 e. The number of pyridine rings is 1. The number of carbonyl (C=O) groups is 1. The molecule has 0 saturated heterocycles. The maximum atomic E-state index is 11.3. The zero-order valence-electron chi connectivity index (χ0n) is 9.42. The van der Waals surface area contributed by atoms with E-state index in [-0.39, 0.29) is 5.57 Å². The van der Waals surface area contributed by atoms with E-state index in [9.17, 15) is 4.79 Å². The lowest BCUT2D eigenvalue weighted by atomic mass is 10.2. The molecule has 0 aliphatic heterocycles. The van der Waals surface area contributed by atoms with Crippen LogP contribution in [0, 0.1) is 11.3 Å². The Balaban J connectivity index is 2.55. The lowest BCUT2D eigenvalue weighted by Crippen LogP contribution is -2.03. The third kappa shape index (κ3) is 2.26. The molecule has 18 heavy (non-hydrogen) atoms. The van der Waals surface area contributed by atoms with Gasteiger partial charge in [-0.15, -0.1) is 0 Å². The summed E-state index contributed by atoms with van der Waals surface area (Å²) in [7, 11) is 1.23. The van der Waals surface area contributed by atoms with Gasteiger partial charge in [-0.1, -0.05) is 0 Å². The van der Waals surface area contributed by atoms with E-state index in [0.29, 0.717) is 5.69 Å². The van der Waals surface area contributed by atoms with Crippen LogP contribution in [0.4, 0.5) is 0 Å². The molecule has 0 unspecified atom stereocenters. The van der Waals surface area contributed by atoms with Crippen LogP contribution in [-0.4, -0.2) is 22.5 Å². The monoisotopic (exact) mass is 305 g/mol. The first-order valence-electron chi connectivity index (χ1n) is 4.98. The van der Waals surface area contributed by atoms with Gasteiger partial charge in [-0.25, -0.2) is 9.78 Å². The van der Waals surface area contributed by atoms with Crippen molar-refractivity contribution in [2.45, 2.75) is 0 Å². The Hall–Kier alpha value is -2.13. The van der Waals surface area contributed by atoms with Gasteiger partial charge in [-0.05, 0) is 34.1 Å². The van der Waals surface area contributed by atoms with Crippen molar-refractivity contribution < 1.29 is 9.53 Å². The first kappa shape index (κ1) is 12.3. The Labute approximate surface area is 111 Å². The first-order valence-corrected chi connectivity index (χ1v) is 5.77. The Morgan fingerprint density at radius 2 is 2.39 bits per heavy atom. The van der Waals surface area contributed by atoms with Crippen molar-refractivity contribution in [2.24, 2.45) is 0 Å². The smallest absolute Gasteiger partial charge is 0.348 e. The molecule has 0 radical (unpaired) electrons. The second-order valence-corrected chi connectivity index (χ2v) is 4.34. The van der Waals surface area contributed by atoms with Crippen molar-refractivity contribution in [3.8, 4) is 6.07 Å². The van der Waals surface area contributed by atoms with Crippen LogP contribution in [-0.2, 0) is 9.53 Å². The molecule has 0 spiro atoms.